The van der Waals surface area contributed by atoms with Crippen LogP contribution in [0, 0.1) is 0 Å². The number of benzene rings is 1. The van der Waals surface area contributed by atoms with E-state index in [2.05, 4.69) is 23.9 Å². The molecule has 1 fully saturated rings. The molecule has 3 aromatic rings. The van der Waals surface area contributed by atoms with Gasteiger partial charge in [0.25, 0.3) is 0 Å². The van der Waals surface area contributed by atoms with E-state index in [0.29, 0.717) is 13.1 Å². The van der Waals surface area contributed by atoms with Crippen molar-refractivity contribution in [1.82, 2.24) is 18.6 Å². The summed E-state index contributed by atoms with van der Waals surface area (Å²) >= 11 is 1.17. The first-order valence-electron chi connectivity index (χ1n) is 7.74. The number of rotatable bonds is 2. The predicted octanol–water partition coefficient (Wildman–Crippen LogP) is 2.44. The maximum absolute atomic E-state index is 12.4. The van der Waals surface area contributed by atoms with Crippen molar-refractivity contribution in [3.05, 3.63) is 42.6 Å². The van der Waals surface area contributed by atoms with E-state index in [1.807, 2.05) is 41.3 Å². The fraction of sp³-hybridized carbons (Fsp3) is 0.250. The van der Waals surface area contributed by atoms with Gasteiger partial charge in [0.15, 0.2) is 0 Å². The third-order valence-electron chi connectivity index (χ3n) is 4.05. The maximum Gasteiger partial charge on any atom is 0.321 e. The molecule has 1 aromatic carbocycles. The lowest BCUT2D eigenvalue weighted by Gasteiger charge is -2.35. The molecular formula is C16H16N6OS. The highest BCUT2D eigenvalue weighted by atomic mass is 32.1. The van der Waals surface area contributed by atoms with Gasteiger partial charge in [-0.15, -0.1) is 0 Å². The van der Waals surface area contributed by atoms with Crippen molar-refractivity contribution in [2.24, 2.45) is 0 Å². The van der Waals surface area contributed by atoms with Gasteiger partial charge in [0.1, 0.15) is 16.9 Å². The van der Waals surface area contributed by atoms with Gasteiger partial charge < -0.3 is 15.1 Å². The minimum absolute atomic E-state index is 0.0850. The van der Waals surface area contributed by atoms with E-state index in [4.69, 9.17) is 0 Å². The van der Waals surface area contributed by atoms with Crippen LogP contribution in [0.1, 0.15) is 0 Å². The molecule has 1 aliphatic rings. The SMILES string of the molecule is O=C(Nc1ccc2nsnc2c1)N1CCN(c2ccccn2)CC1. The van der Waals surface area contributed by atoms with Crippen LogP contribution in [0.5, 0.6) is 0 Å². The number of hydrogen-bond acceptors (Lipinski definition) is 6. The molecule has 3 heterocycles. The van der Waals surface area contributed by atoms with Crippen LogP contribution in [0.25, 0.3) is 11.0 Å². The van der Waals surface area contributed by atoms with Crippen molar-refractivity contribution in [2.75, 3.05) is 36.4 Å². The second kappa shape index (κ2) is 6.40. The van der Waals surface area contributed by atoms with Crippen LogP contribution in [0.3, 0.4) is 0 Å². The van der Waals surface area contributed by atoms with Gasteiger partial charge in [-0.1, -0.05) is 6.07 Å². The Morgan fingerprint density at radius 2 is 1.88 bits per heavy atom. The van der Waals surface area contributed by atoms with Crippen molar-refractivity contribution in [3.63, 3.8) is 0 Å². The number of urea groups is 1. The number of amides is 2. The van der Waals surface area contributed by atoms with Crippen LogP contribution in [0.4, 0.5) is 16.3 Å². The molecule has 2 amide bonds. The summed E-state index contributed by atoms with van der Waals surface area (Å²) in [5.41, 5.74) is 2.40. The number of pyridine rings is 1. The Morgan fingerprint density at radius 1 is 1.04 bits per heavy atom. The number of aromatic nitrogens is 3. The minimum atomic E-state index is -0.0850. The number of anilines is 2. The summed E-state index contributed by atoms with van der Waals surface area (Å²) in [7, 11) is 0. The Labute approximate surface area is 143 Å². The van der Waals surface area contributed by atoms with Gasteiger partial charge >= 0.3 is 6.03 Å². The molecule has 1 saturated heterocycles. The number of fused-ring (bicyclic) bond motifs is 1. The molecule has 1 N–H and O–H groups in total. The summed E-state index contributed by atoms with van der Waals surface area (Å²) < 4.78 is 8.36. The zero-order chi connectivity index (χ0) is 16.4. The molecule has 4 rings (SSSR count). The summed E-state index contributed by atoms with van der Waals surface area (Å²) in [4.78, 5) is 20.8. The quantitative estimate of drug-likeness (QED) is 0.775. The molecule has 0 spiro atoms. The number of nitrogens with one attached hydrogen (secondary N) is 1. The monoisotopic (exact) mass is 340 g/mol. The average Bonchev–Trinajstić information content (AvgIpc) is 3.10. The van der Waals surface area contributed by atoms with Crippen molar-refractivity contribution < 1.29 is 4.79 Å². The van der Waals surface area contributed by atoms with Crippen molar-refractivity contribution >= 4 is 40.3 Å². The van der Waals surface area contributed by atoms with Crippen LogP contribution in [-0.2, 0) is 0 Å². The zero-order valence-corrected chi connectivity index (χ0v) is 13.7. The molecule has 7 nitrogen and oxygen atoms in total. The molecule has 2 aromatic heterocycles. The lowest BCUT2D eigenvalue weighted by molar-refractivity contribution is 0.208. The fourth-order valence-electron chi connectivity index (χ4n) is 2.74. The molecule has 24 heavy (non-hydrogen) atoms. The number of carbonyl (C=O) groups excluding carboxylic acids is 1. The summed E-state index contributed by atoms with van der Waals surface area (Å²) in [5.74, 6) is 0.957. The molecule has 0 atom stereocenters. The fourth-order valence-corrected chi connectivity index (χ4v) is 3.26. The van der Waals surface area contributed by atoms with E-state index in [1.165, 1.54) is 11.7 Å². The minimum Gasteiger partial charge on any atom is -0.353 e. The molecule has 0 aliphatic carbocycles. The Morgan fingerprint density at radius 3 is 2.67 bits per heavy atom. The van der Waals surface area contributed by atoms with Crippen molar-refractivity contribution in [3.8, 4) is 0 Å². The number of hydrogen-bond donors (Lipinski definition) is 1. The van der Waals surface area contributed by atoms with E-state index >= 15 is 0 Å². The van der Waals surface area contributed by atoms with Gasteiger partial charge in [0, 0.05) is 38.1 Å². The molecule has 8 heteroatoms. The highest BCUT2D eigenvalue weighted by molar-refractivity contribution is 7.00. The van der Waals surface area contributed by atoms with Crippen LogP contribution < -0.4 is 10.2 Å². The second-order valence-electron chi connectivity index (χ2n) is 5.56. The first-order chi connectivity index (χ1) is 11.8. The summed E-state index contributed by atoms with van der Waals surface area (Å²) in [6.45, 7) is 2.89. The van der Waals surface area contributed by atoms with Crippen LogP contribution in [0.15, 0.2) is 42.6 Å². The molecular weight excluding hydrogens is 324 g/mol. The van der Waals surface area contributed by atoms with Gasteiger partial charge in [-0.2, -0.15) is 8.75 Å². The number of piperazine rings is 1. The number of carbonyl (C=O) groups is 1. The van der Waals surface area contributed by atoms with E-state index in [9.17, 15) is 4.79 Å². The Hall–Kier alpha value is -2.74. The average molecular weight is 340 g/mol. The van der Waals surface area contributed by atoms with Gasteiger partial charge in [-0.3, -0.25) is 0 Å². The Kier molecular flexibility index (Phi) is 3.96. The normalized spacial score (nSPS) is 14.8. The van der Waals surface area contributed by atoms with Crippen molar-refractivity contribution in [2.45, 2.75) is 0 Å². The highest BCUT2D eigenvalue weighted by Gasteiger charge is 2.21. The van der Waals surface area contributed by atoms with Crippen LogP contribution in [-0.4, -0.2) is 50.8 Å². The molecule has 0 saturated carbocycles. The highest BCUT2D eigenvalue weighted by Crippen LogP contribution is 2.18. The van der Waals surface area contributed by atoms with Gasteiger partial charge in [0.2, 0.25) is 0 Å². The van der Waals surface area contributed by atoms with E-state index in [1.54, 1.807) is 6.20 Å². The van der Waals surface area contributed by atoms with E-state index in [0.717, 1.165) is 35.6 Å². The molecule has 1 aliphatic heterocycles. The first kappa shape index (κ1) is 14.8. The van der Waals surface area contributed by atoms with Gasteiger partial charge in [-0.25, -0.2) is 9.78 Å². The van der Waals surface area contributed by atoms with Gasteiger partial charge in [0.05, 0.1) is 11.7 Å². The Balaban J connectivity index is 1.37. The molecule has 0 unspecified atom stereocenters. The number of nitrogens with zero attached hydrogens (tertiary/aromatic N) is 5. The lowest BCUT2D eigenvalue weighted by atomic mass is 10.2. The van der Waals surface area contributed by atoms with Crippen LogP contribution >= 0.6 is 11.7 Å². The zero-order valence-electron chi connectivity index (χ0n) is 12.9. The van der Waals surface area contributed by atoms with E-state index < -0.39 is 0 Å². The smallest absolute Gasteiger partial charge is 0.321 e. The third kappa shape index (κ3) is 3.00. The van der Waals surface area contributed by atoms with E-state index in [-0.39, 0.29) is 6.03 Å². The first-order valence-corrected chi connectivity index (χ1v) is 8.47. The third-order valence-corrected chi connectivity index (χ3v) is 4.60. The van der Waals surface area contributed by atoms with Gasteiger partial charge in [-0.05, 0) is 30.3 Å². The Bertz CT molecular complexity index is 844. The second-order valence-corrected chi connectivity index (χ2v) is 6.09. The topological polar surface area (TPSA) is 74.2 Å². The van der Waals surface area contributed by atoms with Crippen LogP contribution in [0.2, 0.25) is 0 Å². The lowest BCUT2D eigenvalue weighted by Crippen LogP contribution is -2.50. The predicted molar refractivity (Wildman–Crippen MR) is 94.5 cm³/mol. The largest absolute Gasteiger partial charge is 0.353 e. The molecule has 0 bridgehead atoms. The summed E-state index contributed by atoms with van der Waals surface area (Å²) in [6, 6.07) is 11.4. The molecule has 122 valence electrons. The maximum atomic E-state index is 12.4. The standard InChI is InChI=1S/C16H16N6OS/c23-16(18-12-4-5-13-14(11-12)20-24-19-13)22-9-7-21(8-10-22)15-3-1-2-6-17-15/h1-6,11H,7-10H2,(H,18,23). The van der Waals surface area contributed by atoms with Crippen molar-refractivity contribution in [1.29, 1.82) is 0 Å². The summed E-state index contributed by atoms with van der Waals surface area (Å²) in [5, 5.41) is 2.94. The summed E-state index contributed by atoms with van der Waals surface area (Å²) in [6.07, 6.45) is 1.79. The molecule has 0 radical (unpaired) electrons.